The molecule has 1 aliphatic carbocycles. The Morgan fingerprint density at radius 3 is 2.23 bits per heavy atom. The lowest BCUT2D eigenvalue weighted by Crippen LogP contribution is -2.34. The maximum Gasteiger partial charge on any atom is 0.293 e. The average Bonchev–Trinajstić information content (AvgIpc) is 3.44. The number of nitrogens with zero attached hydrogens (tertiary/aromatic N) is 3. The molecule has 1 aromatic carbocycles. The summed E-state index contributed by atoms with van der Waals surface area (Å²) in [4.78, 5) is 29.3. The molecule has 1 unspecified atom stereocenters. The number of likely N-dealkylation sites (N-methyl/N-ethyl adjacent to an activating group) is 1. The third-order valence-electron chi connectivity index (χ3n) is 6.41. The topological polar surface area (TPSA) is 62.7 Å². The van der Waals surface area contributed by atoms with E-state index in [-0.39, 0.29) is 19.0 Å². The summed E-state index contributed by atoms with van der Waals surface area (Å²) >= 11 is 0. The van der Waals surface area contributed by atoms with Gasteiger partial charge in [0.05, 0.1) is 6.04 Å². The predicted molar refractivity (Wildman–Crippen MR) is 131 cm³/mol. The minimum atomic E-state index is -1.01. The number of amides is 1. The molecule has 0 N–H and O–H groups in total. The van der Waals surface area contributed by atoms with E-state index < -0.39 is 17.7 Å². The lowest BCUT2D eigenvalue weighted by molar-refractivity contribution is -0.136. The molecule has 0 spiro atoms. The highest BCUT2D eigenvalue weighted by molar-refractivity contribution is 5.73. The summed E-state index contributed by atoms with van der Waals surface area (Å²) in [5.41, 5.74) is 0.355. The summed E-state index contributed by atoms with van der Waals surface area (Å²) in [7, 11) is 1.49. The first-order chi connectivity index (χ1) is 16.9. The van der Waals surface area contributed by atoms with Crippen LogP contribution in [0.25, 0.3) is 0 Å². The Hall–Kier alpha value is -2.87. The van der Waals surface area contributed by atoms with Gasteiger partial charge in [0, 0.05) is 32.4 Å². The molecular formula is C27H37F2N3O3. The van der Waals surface area contributed by atoms with Crippen LogP contribution in [0.15, 0.2) is 48.8 Å². The van der Waals surface area contributed by atoms with Crippen molar-refractivity contribution >= 4 is 12.4 Å². The number of likely N-dealkylation sites (tertiary alicyclic amines) is 1. The van der Waals surface area contributed by atoms with Gasteiger partial charge < -0.3 is 14.5 Å². The Balaban J connectivity index is 0.000000212. The summed E-state index contributed by atoms with van der Waals surface area (Å²) in [5, 5.41) is 0. The van der Waals surface area contributed by atoms with Crippen LogP contribution >= 0.6 is 0 Å². The van der Waals surface area contributed by atoms with Crippen molar-refractivity contribution in [2.45, 2.75) is 64.0 Å². The molecule has 0 bridgehead atoms. The quantitative estimate of drug-likeness (QED) is 0.525. The van der Waals surface area contributed by atoms with Crippen LogP contribution in [-0.4, -0.2) is 59.9 Å². The second-order valence-corrected chi connectivity index (χ2v) is 8.81. The maximum atomic E-state index is 13.1. The maximum absolute atomic E-state index is 13.1. The average molecular weight is 490 g/mol. The molecule has 0 radical (unpaired) electrons. The molecule has 1 aromatic heterocycles. The molecule has 1 saturated heterocycles. The number of carbonyl (C=O) groups is 2. The number of rotatable bonds is 6. The van der Waals surface area contributed by atoms with Gasteiger partial charge in [-0.15, -0.1) is 0 Å². The van der Waals surface area contributed by atoms with Crippen molar-refractivity contribution in [3.05, 3.63) is 66.0 Å². The van der Waals surface area contributed by atoms with Crippen LogP contribution in [0, 0.1) is 11.6 Å². The van der Waals surface area contributed by atoms with Gasteiger partial charge in [-0.25, -0.2) is 8.78 Å². The van der Waals surface area contributed by atoms with Gasteiger partial charge >= 0.3 is 0 Å². The molecule has 2 fully saturated rings. The summed E-state index contributed by atoms with van der Waals surface area (Å²) in [5.74, 6) is -2.26. The third-order valence-corrected chi connectivity index (χ3v) is 6.41. The number of hydrogen-bond donors (Lipinski definition) is 0. The monoisotopic (exact) mass is 489 g/mol. The minimum absolute atomic E-state index is 0.120. The number of hydrogen-bond acceptors (Lipinski definition) is 5. The van der Waals surface area contributed by atoms with E-state index in [0.717, 1.165) is 18.2 Å². The van der Waals surface area contributed by atoms with E-state index in [4.69, 9.17) is 0 Å². The number of pyridine rings is 1. The van der Waals surface area contributed by atoms with Crippen LogP contribution in [0.4, 0.5) is 8.78 Å². The first-order valence-electron chi connectivity index (χ1n) is 12.3. The summed E-state index contributed by atoms with van der Waals surface area (Å²) in [6.07, 6.45) is 13.8. The zero-order chi connectivity index (χ0) is 25.5. The Kier molecular flexibility index (Phi) is 12.9. The molecule has 6 nitrogen and oxygen atoms in total. The highest BCUT2D eigenvalue weighted by Gasteiger charge is 2.23. The van der Waals surface area contributed by atoms with Gasteiger partial charge in [0.15, 0.2) is 11.6 Å². The SMILES string of the molecule is C1CCC(N2CCCC2)CC1.CC(=O)N(C)C(COC=O)c1ccc(F)c(F)c1.c1ccncc1. The molecule has 1 amide bonds. The Labute approximate surface area is 207 Å². The fourth-order valence-electron chi connectivity index (χ4n) is 4.37. The zero-order valence-electron chi connectivity index (χ0n) is 20.7. The molecule has 2 heterocycles. The van der Waals surface area contributed by atoms with Crippen molar-refractivity contribution in [1.82, 2.24) is 14.8 Å². The second kappa shape index (κ2) is 15.9. The lowest BCUT2D eigenvalue weighted by Gasteiger charge is -2.30. The van der Waals surface area contributed by atoms with Crippen LogP contribution in [0.2, 0.25) is 0 Å². The predicted octanol–water partition coefficient (Wildman–Crippen LogP) is 5.15. The van der Waals surface area contributed by atoms with Gasteiger partial charge in [-0.2, -0.15) is 0 Å². The molecule has 1 saturated carbocycles. The van der Waals surface area contributed by atoms with E-state index in [9.17, 15) is 18.4 Å². The van der Waals surface area contributed by atoms with E-state index in [1.54, 1.807) is 12.4 Å². The van der Waals surface area contributed by atoms with E-state index in [2.05, 4.69) is 14.6 Å². The number of benzene rings is 1. The van der Waals surface area contributed by atoms with Crippen LogP contribution in [0.3, 0.4) is 0 Å². The molecule has 35 heavy (non-hydrogen) atoms. The van der Waals surface area contributed by atoms with Gasteiger partial charge in [-0.3, -0.25) is 14.6 Å². The van der Waals surface area contributed by atoms with Gasteiger partial charge in [0.1, 0.15) is 6.61 Å². The van der Waals surface area contributed by atoms with Crippen LogP contribution in [-0.2, 0) is 14.3 Å². The molecule has 1 atom stereocenters. The molecular weight excluding hydrogens is 452 g/mol. The summed E-state index contributed by atoms with van der Waals surface area (Å²) in [6, 6.07) is 9.33. The third kappa shape index (κ3) is 10.1. The first-order valence-corrected chi connectivity index (χ1v) is 12.3. The highest BCUT2D eigenvalue weighted by atomic mass is 19.2. The summed E-state index contributed by atoms with van der Waals surface area (Å²) in [6.45, 7) is 4.23. The second-order valence-electron chi connectivity index (χ2n) is 8.81. The highest BCUT2D eigenvalue weighted by Crippen LogP contribution is 2.25. The fraction of sp³-hybridized carbons (Fsp3) is 0.519. The van der Waals surface area contributed by atoms with Crippen molar-refractivity contribution in [3.63, 3.8) is 0 Å². The lowest BCUT2D eigenvalue weighted by atomic mass is 9.94. The van der Waals surface area contributed by atoms with E-state index in [0.29, 0.717) is 5.56 Å². The smallest absolute Gasteiger partial charge is 0.293 e. The summed E-state index contributed by atoms with van der Waals surface area (Å²) < 4.78 is 30.6. The zero-order valence-corrected chi connectivity index (χ0v) is 20.7. The molecule has 8 heteroatoms. The Bertz CT molecular complexity index is 847. The molecule has 2 aromatic rings. The van der Waals surface area contributed by atoms with Crippen molar-refractivity contribution in [1.29, 1.82) is 0 Å². The number of aromatic nitrogens is 1. The number of carbonyl (C=O) groups excluding carboxylic acids is 2. The van der Waals surface area contributed by atoms with E-state index in [1.807, 2.05) is 18.2 Å². The van der Waals surface area contributed by atoms with Crippen molar-refractivity contribution < 1.29 is 23.1 Å². The largest absolute Gasteiger partial charge is 0.465 e. The molecule has 192 valence electrons. The Morgan fingerprint density at radius 2 is 1.74 bits per heavy atom. The van der Waals surface area contributed by atoms with Crippen LogP contribution in [0.5, 0.6) is 0 Å². The normalized spacial score (nSPS) is 16.7. The fourth-order valence-corrected chi connectivity index (χ4v) is 4.37. The molecule has 1 aliphatic heterocycles. The van der Waals surface area contributed by atoms with Gasteiger partial charge in [0.25, 0.3) is 6.47 Å². The first kappa shape index (κ1) is 28.4. The van der Waals surface area contributed by atoms with Gasteiger partial charge in [-0.05, 0) is 68.6 Å². The molecule has 2 aliphatic rings. The van der Waals surface area contributed by atoms with E-state index in [1.165, 1.54) is 83.0 Å². The van der Waals surface area contributed by atoms with Crippen LogP contribution in [0.1, 0.15) is 63.5 Å². The van der Waals surface area contributed by atoms with Gasteiger partial charge in [0.2, 0.25) is 5.91 Å². The van der Waals surface area contributed by atoms with Crippen molar-refractivity contribution in [2.24, 2.45) is 0 Å². The minimum Gasteiger partial charge on any atom is -0.465 e. The molecule has 4 rings (SSSR count). The van der Waals surface area contributed by atoms with Crippen molar-refractivity contribution in [3.8, 4) is 0 Å². The standard InChI is InChI=1S/C12H13F2NO3.C10H19N.C5H5N/c1-8(17)15(2)12(6-18-7-16)9-3-4-10(13)11(14)5-9;1-2-6-10(7-3-1)11-8-4-5-9-11;1-2-4-6-5-3-1/h3-5,7,12H,6H2,1-2H3;10H,1-9H2;1-5H. The number of ether oxygens (including phenoxy) is 1. The Morgan fingerprint density at radius 1 is 1.09 bits per heavy atom. The number of halogens is 2. The van der Waals surface area contributed by atoms with Gasteiger partial charge in [-0.1, -0.05) is 31.4 Å². The van der Waals surface area contributed by atoms with Crippen molar-refractivity contribution in [2.75, 3.05) is 26.7 Å². The van der Waals surface area contributed by atoms with Crippen LogP contribution < -0.4 is 0 Å². The van der Waals surface area contributed by atoms with E-state index >= 15 is 0 Å².